The van der Waals surface area contributed by atoms with Gasteiger partial charge in [-0.1, -0.05) is 6.07 Å². The fourth-order valence-corrected chi connectivity index (χ4v) is 2.39. The van der Waals surface area contributed by atoms with E-state index >= 15 is 0 Å². The number of aromatic nitrogens is 1. The van der Waals surface area contributed by atoms with Crippen LogP contribution in [0.25, 0.3) is 0 Å². The Morgan fingerprint density at radius 1 is 1.00 bits per heavy atom. The fourth-order valence-electron chi connectivity index (χ4n) is 2.39. The van der Waals surface area contributed by atoms with E-state index in [4.69, 9.17) is 9.47 Å². The third-order valence-corrected chi connectivity index (χ3v) is 3.51. The zero-order chi connectivity index (χ0) is 19.0. The summed E-state index contributed by atoms with van der Waals surface area (Å²) in [4.78, 5) is 15.9. The van der Waals surface area contributed by atoms with Crippen LogP contribution in [0.3, 0.4) is 0 Å². The minimum absolute atomic E-state index is 0. The van der Waals surface area contributed by atoms with E-state index in [1.54, 1.807) is 19.5 Å². The molecule has 28 heavy (non-hydrogen) atoms. The summed E-state index contributed by atoms with van der Waals surface area (Å²) in [5.74, 6) is 0.994. The topological polar surface area (TPSA) is 72.5 Å². The first kappa shape index (κ1) is 26.0. The molecule has 1 aromatic heterocycles. The zero-order valence-corrected chi connectivity index (χ0v) is 18.3. The van der Waals surface area contributed by atoms with Crippen molar-refractivity contribution in [1.29, 1.82) is 0 Å². The molecule has 0 aliphatic carbocycles. The highest BCUT2D eigenvalue weighted by atomic mass is 35.5. The van der Waals surface area contributed by atoms with E-state index in [0.29, 0.717) is 18.0 Å². The van der Waals surface area contributed by atoms with Crippen molar-refractivity contribution in [3.8, 4) is 11.5 Å². The van der Waals surface area contributed by atoms with Crippen molar-refractivity contribution in [1.82, 2.24) is 15.6 Å². The second kappa shape index (κ2) is 12.4. The van der Waals surface area contributed by atoms with Crippen LogP contribution in [0.5, 0.6) is 11.5 Å². The lowest BCUT2D eigenvalue weighted by Gasteiger charge is -2.20. The van der Waals surface area contributed by atoms with Gasteiger partial charge in [-0.3, -0.25) is 9.78 Å². The molecule has 2 aromatic rings. The van der Waals surface area contributed by atoms with Crippen molar-refractivity contribution in [2.24, 2.45) is 0 Å². The molecule has 6 nitrogen and oxygen atoms in total. The number of carbonyl (C=O) groups is 1. The Kier molecular flexibility index (Phi) is 11.5. The Morgan fingerprint density at radius 3 is 2.25 bits per heavy atom. The zero-order valence-electron chi connectivity index (χ0n) is 16.7. The number of methoxy groups -OCH3 is 1. The number of nitrogens with one attached hydrogen (secondary N) is 2. The van der Waals surface area contributed by atoms with Gasteiger partial charge in [0.2, 0.25) is 0 Å². The molecule has 0 unspecified atom stereocenters. The molecule has 0 bridgehead atoms. The van der Waals surface area contributed by atoms with Gasteiger partial charge in [0.25, 0.3) is 5.91 Å². The molecule has 0 fully saturated rings. The Balaban J connectivity index is 0.00000364. The minimum atomic E-state index is -0.283. The van der Waals surface area contributed by atoms with Gasteiger partial charge in [0.1, 0.15) is 0 Å². The molecular formula is C20H29Cl2N3O3. The largest absolute Gasteiger partial charge is 0.493 e. The molecule has 0 aliphatic rings. The lowest BCUT2D eigenvalue weighted by atomic mass is 10.1. The number of hydrogen-bond donors (Lipinski definition) is 2. The fraction of sp³-hybridized carbons (Fsp3) is 0.400. The number of pyridine rings is 1. The Labute approximate surface area is 179 Å². The van der Waals surface area contributed by atoms with Crippen molar-refractivity contribution in [3.05, 3.63) is 53.9 Å². The predicted molar refractivity (Wildman–Crippen MR) is 116 cm³/mol. The van der Waals surface area contributed by atoms with Gasteiger partial charge in [-0.15, -0.1) is 24.8 Å². The molecule has 0 atom stereocenters. The summed E-state index contributed by atoms with van der Waals surface area (Å²) in [5, 5.41) is 6.24. The van der Waals surface area contributed by atoms with Crippen molar-refractivity contribution in [2.45, 2.75) is 39.4 Å². The first-order chi connectivity index (χ1) is 12.4. The average molecular weight is 430 g/mol. The third kappa shape index (κ3) is 9.26. The number of ether oxygens (including phenoxy) is 2. The maximum atomic E-state index is 11.9. The third-order valence-electron chi connectivity index (χ3n) is 3.51. The standard InChI is InChI=1S/C20H27N3O3.2ClH/c1-20(2,3)23-19(24)14-26-17-6-5-16(11-18(17)25-4)13-22-12-15-7-9-21-10-8-15;;/h5-11,22H,12-14H2,1-4H3,(H,23,24);2*1H. The first-order valence-corrected chi connectivity index (χ1v) is 8.58. The summed E-state index contributed by atoms with van der Waals surface area (Å²) in [6.07, 6.45) is 3.56. The summed E-state index contributed by atoms with van der Waals surface area (Å²) in [6.45, 7) is 7.20. The van der Waals surface area contributed by atoms with Gasteiger partial charge in [0, 0.05) is 31.0 Å². The van der Waals surface area contributed by atoms with E-state index in [0.717, 1.165) is 12.1 Å². The minimum Gasteiger partial charge on any atom is -0.493 e. The van der Waals surface area contributed by atoms with Crippen molar-refractivity contribution in [3.63, 3.8) is 0 Å². The molecular weight excluding hydrogens is 401 g/mol. The number of amides is 1. The molecule has 0 saturated heterocycles. The van der Waals surface area contributed by atoms with Crippen LogP contribution in [0, 0.1) is 0 Å². The predicted octanol–water partition coefficient (Wildman–Crippen LogP) is 3.52. The van der Waals surface area contributed by atoms with E-state index < -0.39 is 0 Å². The number of benzene rings is 1. The maximum absolute atomic E-state index is 11.9. The smallest absolute Gasteiger partial charge is 0.258 e. The number of rotatable bonds is 8. The van der Waals surface area contributed by atoms with Crippen LogP contribution in [0.4, 0.5) is 0 Å². The second-order valence-corrected chi connectivity index (χ2v) is 7.03. The normalized spacial score (nSPS) is 10.3. The van der Waals surface area contributed by atoms with Gasteiger partial charge in [-0.05, 0) is 56.2 Å². The monoisotopic (exact) mass is 429 g/mol. The van der Waals surface area contributed by atoms with E-state index in [9.17, 15) is 4.79 Å². The van der Waals surface area contributed by atoms with Gasteiger partial charge in [0.15, 0.2) is 18.1 Å². The molecule has 0 aliphatic heterocycles. The van der Waals surface area contributed by atoms with E-state index in [-0.39, 0.29) is 42.9 Å². The van der Waals surface area contributed by atoms with Gasteiger partial charge in [-0.2, -0.15) is 0 Å². The first-order valence-electron chi connectivity index (χ1n) is 8.58. The van der Waals surface area contributed by atoms with Gasteiger partial charge in [-0.25, -0.2) is 0 Å². The maximum Gasteiger partial charge on any atom is 0.258 e. The summed E-state index contributed by atoms with van der Waals surface area (Å²) in [7, 11) is 1.59. The van der Waals surface area contributed by atoms with Crippen LogP contribution in [0.2, 0.25) is 0 Å². The average Bonchev–Trinajstić information content (AvgIpc) is 2.60. The lowest BCUT2D eigenvalue weighted by molar-refractivity contribution is -0.124. The van der Waals surface area contributed by atoms with Gasteiger partial charge < -0.3 is 20.1 Å². The molecule has 0 saturated carbocycles. The lowest BCUT2D eigenvalue weighted by Crippen LogP contribution is -2.43. The van der Waals surface area contributed by atoms with Crippen LogP contribution in [0.15, 0.2) is 42.7 Å². The van der Waals surface area contributed by atoms with Gasteiger partial charge in [0.05, 0.1) is 7.11 Å². The van der Waals surface area contributed by atoms with Crippen LogP contribution >= 0.6 is 24.8 Å². The van der Waals surface area contributed by atoms with Crippen molar-refractivity contribution >= 4 is 30.7 Å². The number of halogens is 2. The molecule has 8 heteroatoms. The highest BCUT2D eigenvalue weighted by Gasteiger charge is 2.15. The molecule has 2 rings (SSSR count). The van der Waals surface area contributed by atoms with Crippen molar-refractivity contribution < 1.29 is 14.3 Å². The van der Waals surface area contributed by atoms with Crippen molar-refractivity contribution in [2.75, 3.05) is 13.7 Å². The van der Waals surface area contributed by atoms with Crippen LogP contribution in [0.1, 0.15) is 31.9 Å². The van der Waals surface area contributed by atoms with Crippen LogP contribution < -0.4 is 20.1 Å². The quantitative estimate of drug-likeness (QED) is 0.671. The highest BCUT2D eigenvalue weighted by molar-refractivity contribution is 5.85. The number of hydrogen-bond acceptors (Lipinski definition) is 5. The summed E-state index contributed by atoms with van der Waals surface area (Å²) < 4.78 is 11.0. The Bertz CT molecular complexity index is 722. The summed E-state index contributed by atoms with van der Waals surface area (Å²) in [5.41, 5.74) is 1.97. The molecule has 1 aromatic carbocycles. The van der Waals surface area contributed by atoms with Crippen LogP contribution in [-0.4, -0.2) is 30.1 Å². The molecule has 2 N–H and O–H groups in total. The Hall–Kier alpha value is -2.02. The van der Waals surface area contributed by atoms with Gasteiger partial charge >= 0.3 is 0 Å². The molecule has 1 heterocycles. The molecule has 0 radical (unpaired) electrons. The van der Waals surface area contributed by atoms with E-state index in [2.05, 4.69) is 15.6 Å². The number of nitrogens with zero attached hydrogens (tertiary/aromatic N) is 1. The summed E-state index contributed by atoms with van der Waals surface area (Å²) >= 11 is 0. The second-order valence-electron chi connectivity index (χ2n) is 7.03. The van der Waals surface area contributed by atoms with E-state index in [1.807, 2.05) is 51.1 Å². The SMILES string of the molecule is COc1cc(CNCc2ccncc2)ccc1OCC(=O)NC(C)(C)C.Cl.Cl. The summed E-state index contributed by atoms with van der Waals surface area (Å²) in [6, 6.07) is 9.66. The molecule has 0 spiro atoms. The highest BCUT2D eigenvalue weighted by Crippen LogP contribution is 2.28. The van der Waals surface area contributed by atoms with E-state index in [1.165, 1.54) is 5.56 Å². The Morgan fingerprint density at radius 2 is 1.64 bits per heavy atom. The van der Waals surface area contributed by atoms with Crippen LogP contribution in [-0.2, 0) is 17.9 Å². The molecule has 1 amide bonds. The number of carbonyl (C=O) groups excluding carboxylic acids is 1. The molecule has 156 valence electrons.